The van der Waals surface area contributed by atoms with Crippen LogP contribution in [0.3, 0.4) is 0 Å². The maximum absolute atomic E-state index is 12.2. The van der Waals surface area contributed by atoms with Crippen molar-refractivity contribution in [3.63, 3.8) is 0 Å². The SMILES string of the molecule is CCc1cc2ncc(CN3CCN(c4ccc(C(=N)NC(C)=N)nc4)[C@H]4CC[C@@H]43)cc2[nH]c1=O. The fourth-order valence-corrected chi connectivity index (χ4v) is 5.04. The fraction of sp³-hybridized carbons (Fsp3) is 0.400. The van der Waals surface area contributed by atoms with Crippen LogP contribution in [0.1, 0.15) is 43.5 Å². The van der Waals surface area contributed by atoms with Gasteiger partial charge in [-0.05, 0) is 56.0 Å². The molecule has 3 aromatic rings. The number of amidine groups is 2. The van der Waals surface area contributed by atoms with E-state index in [2.05, 4.69) is 36.1 Å². The first-order valence-corrected chi connectivity index (χ1v) is 11.8. The zero-order valence-corrected chi connectivity index (χ0v) is 19.6. The number of piperazine rings is 1. The number of H-pyrrole nitrogens is 1. The molecule has 9 nitrogen and oxygen atoms in total. The zero-order valence-electron chi connectivity index (χ0n) is 19.6. The monoisotopic (exact) mass is 458 g/mol. The van der Waals surface area contributed by atoms with Crippen molar-refractivity contribution >= 4 is 28.4 Å². The van der Waals surface area contributed by atoms with E-state index >= 15 is 0 Å². The number of anilines is 1. The second kappa shape index (κ2) is 8.98. The minimum atomic E-state index is -0.0277. The number of aryl methyl sites for hydroxylation is 1. The van der Waals surface area contributed by atoms with E-state index in [0.717, 1.165) is 60.3 Å². The Kier molecular flexibility index (Phi) is 5.87. The van der Waals surface area contributed by atoms with Crippen LogP contribution in [0.4, 0.5) is 5.69 Å². The molecule has 2 atom stereocenters. The molecule has 5 rings (SSSR count). The predicted molar refractivity (Wildman–Crippen MR) is 134 cm³/mol. The molecular weight excluding hydrogens is 428 g/mol. The van der Waals surface area contributed by atoms with Crippen LogP contribution in [-0.2, 0) is 13.0 Å². The van der Waals surface area contributed by atoms with E-state index in [1.165, 1.54) is 0 Å². The van der Waals surface area contributed by atoms with Crippen LogP contribution in [0.5, 0.6) is 0 Å². The van der Waals surface area contributed by atoms with E-state index in [1.54, 1.807) is 6.92 Å². The molecule has 1 saturated carbocycles. The Bertz CT molecular complexity index is 1300. The van der Waals surface area contributed by atoms with Crippen molar-refractivity contribution in [2.45, 2.75) is 51.7 Å². The third-order valence-corrected chi connectivity index (χ3v) is 6.94. The third kappa shape index (κ3) is 4.19. The summed E-state index contributed by atoms with van der Waals surface area (Å²) >= 11 is 0. The van der Waals surface area contributed by atoms with Gasteiger partial charge in [-0.25, -0.2) is 0 Å². The maximum atomic E-state index is 12.2. The molecule has 1 saturated heterocycles. The molecule has 4 heterocycles. The zero-order chi connectivity index (χ0) is 23.8. The number of fused-ring (bicyclic) bond motifs is 2. The van der Waals surface area contributed by atoms with Gasteiger partial charge >= 0.3 is 0 Å². The maximum Gasteiger partial charge on any atom is 0.251 e. The summed E-state index contributed by atoms with van der Waals surface area (Å²) in [5.41, 5.74) is 5.10. The van der Waals surface area contributed by atoms with Gasteiger partial charge < -0.3 is 15.2 Å². The van der Waals surface area contributed by atoms with E-state index in [9.17, 15) is 4.79 Å². The minimum absolute atomic E-state index is 0.0277. The van der Waals surface area contributed by atoms with Crippen LogP contribution >= 0.6 is 0 Å². The molecule has 0 spiro atoms. The highest BCUT2D eigenvalue weighted by Gasteiger charge is 2.42. The molecule has 4 N–H and O–H groups in total. The molecule has 2 aliphatic rings. The summed E-state index contributed by atoms with van der Waals surface area (Å²) in [6.45, 7) is 6.25. The van der Waals surface area contributed by atoms with Gasteiger partial charge in [-0.15, -0.1) is 0 Å². The number of nitrogens with zero attached hydrogens (tertiary/aromatic N) is 4. The van der Waals surface area contributed by atoms with E-state index in [-0.39, 0.29) is 17.2 Å². The van der Waals surface area contributed by atoms with Gasteiger partial charge in [0.25, 0.3) is 5.56 Å². The Morgan fingerprint density at radius 1 is 1.15 bits per heavy atom. The number of rotatable bonds is 5. The number of aromatic amines is 1. The number of aromatic nitrogens is 3. The van der Waals surface area contributed by atoms with Gasteiger partial charge in [-0.1, -0.05) is 6.92 Å². The van der Waals surface area contributed by atoms with Crippen molar-refractivity contribution in [2.24, 2.45) is 0 Å². The largest absolute Gasteiger partial charge is 0.364 e. The fourth-order valence-electron chi connectivity index (χ4n) is 5.04. The normalized spacial score (nSPS) is 20.0. The van der Waals surface area contributed by atoms with Crippen molar-refractivity contribution < 1.29 is 0 Å². The summed E-state index contributed by atoms with van der Waals surface area (Å²) < 4.78 is 0. The van der Waals surface area contributed by atoms with Crippen LogP contribution in [0.25, 0.3) is 11.0 Å². The van der Waals surface area contributed by atoms with Crippen LogP contribution in [0, 0.1) is 10.8 Å². The summed E-state index contributed by atoms with van der Waals surface area (Å²) in [7, 11) is 0. The molecule has 0 bridgehead atoms. The van der Waals surface area contributed by atoms with Gasteiger partial charge in [-0.3, -0.25) is 30.5 Å². The van der Waals surface area contributed by atoms with Gasteiger partial charge in [0.05, 0.1) is 28.8 Å². The lowest BCUT2D eigenvalue weighted by Crippen LogP contribution is -2.64. The molecule has 176 valence electrons. The highest BCUT2D eigenvalue weighted by molar-refractivity contribution is 6.05. The van der Waals surface area contributed by atoms with Gasteiger partial charge in [0.2, 0.25) is 0 Å². The molecule has 0 aromatic carbocycles. The van der Waals surface area contributed by atoms with Gasteiger partial charge in [0, 0.05) is 43.5 Å². The van der Waals surface area contributed by atoms with Gasteiger partial charge in [0.15, 0.2) is 0 Å². The number of nitrogens with one attached hydrogen (secondary N) is 4. The van der Waals surface area contributed by atoms with Crippen molar-refractivity contribution in [2.75, 3.05) is 18.0 Å². The van der Waals surface area contributed by atoms with Crippen molar-refractivity contribution in [3.05, 3.63) is 63.8 Å². The summed E-state index contributed by atoms with van der Waals surface area (Å²) in [6, 6.07) is 8.75. The lowest BCUT2D eigenvalue weighted by Gasteiger charge is -2.54. The van der Waals surface area contributed by atoms with Crippen molar-refractivity contribution in [1.29, 1.82) is 10.8 Å². The smallest absolute Gasteiger partial charge is 0.251 e. The van der Waals surface area contributed by atoms with E-state index in [0.29, 0.717) is 24.2 Å². The number of hydrogen-bond acceptors (Lipinski definition) is 7. The van der Waals surface area contributed by atoms with Crippen molar-refractivity contribution in [1.82, 2.24) is 25.2 Å². The quantitative estimate of drug-likeness (QED) is 0.344. The molecule has 9 heteroatoms. The van der Waals surface area contributed by atoms with Gasteiger partial charge in [0.1, 0.15) is 11.5 Å². The standard InChI is InChI=1S/C25H30N8O/c1-3-17-11-20-21(31-25(17)34)10-16(12-28-20)14-32-8-9-33(23-7-6-22(23)32)18-4-5-19(29-13-18)24(27)30-15(2)26/h4-5,10-13,22-23H,3,6-9,14H2,1-2H3,(H,31,34)(H3,26,27,30)/t22-,23-/m0/s1. The summed E-state index contributed by atoms with van der Waals surface area (Å²) in [4.78, 5) is 29.2. The Morgan fingerprint density at radius 3 is 2.65 bits per heavy atom. The molecule has 1 aliphatic carbocycles. The minimum Gasteiger partial charge on any atom is -0.364 e. The Hall–Kier alpha value is -3.59. The van der Waals surface area contributed by atoms with Crippen LogP contribution < -0.4 is 15.8 Å². The highest BCUT2D eigenvalue weighted by atomic mass is 16.1. The Labute approximate surface area is 198 Å². The van der Waals surface area contributed by atoms with Crippen LogP contribution in [0.15, 0.2) is 41.5 Å². The first kappa shape index (κ1) is 22.2. The Balaban J connectivity index is 1.28. The molecule has 0 unspecified atom stereocenters. The molecule has 0 amide bonds. The van der Waals surface area contributed by atoms with Crippen molar-refractivity contribution in [3.8, 4) is 0 Å². The van der Waals surface area contributed by atoms with Crippen LogP contribution in [0.2, 0.25) is 0 Å². The van der Waals surface area contributed by atoms with E-state index < -0.39 is 0 Å². The summed E-state index contributed by atoms with van der Waals surface area (Å²) in [5.74, 6) is 0.365. The molecule has 2 fully saturated rings. The third-order valence-electron chi connectivity index (χ3n) is 6.94. The second-order valence-electron chi connectivity index (χ2n) is 9.16. The summed E-state index contributed by atoms with van der Waals surface area (Å²) in [5, 5.41) is 18.2. The molecule has 34 heavy (non-hydrogen) atoms. The lowest BCUT2D eigenvalue weighted by molar-refractivity contribution is 0.0658. The molecule has 1 aliphatic heterocycles. The van der Waals surface area contributed by atoms with Crippen LogP contribution in [-0.4, -0.2) is 56.7 Å². The van der Waals surface area contributed by atoms with E-state index in [1.807, 2.05) is 37.5 Å². The first-order chi connectivity index (χ1) is 16.4. The molecular formula is C25H30N8O. The second-order valence-corrected chi connectivity index (χ2v) is 9.16. The number of hydrogen-bond donors (Lipinski definition) is 4. The lowest BCUT2D eigenvalue weighted by atomic mass is 9.81. The first-order valence-electron chi connectivity index (χ1n) is 11.8. The predicted octanol–water partition coefficient (Wildman–Crippen LogP) is 2.65. The highest BCUT2D eigenvalue weighted by Crippen LogP contribution is 2.37. The van der Waals surface area contributed by atoms with Gasteiger partial charge in [-0.2, -0.15) is 0 Å². The Morgan fingerprint density at radius 2 is 1.97 bits per heavy atom. The average Bonchev–Trinajstić information content (AvgIpc) is 2.79. The molecule has 3 aromatic heterocycles. The van der Waals surface area contributed by atoms with E-state index in [4.69, 9.17) is 10.8 Å². The topological polar surface area (TPSA) is 125 Å². The average molecular weight is 459 g/mol. The summed E-state index contributed by atoms with van der Waals surface area (Å²) in [6.07, 6.45) is 6.78. The number of pyridine rings is 3. The molecule has 0 radical (unpaired) electrons.